The van der Waals surface area contributed by atoms with E-state index in [0.717, 1.165) is 40.5 Å². The average Bonchev–Trinajstić information content (AvgIpc) is 2.48. The molecule has 0 saturated heterocycles. The number of aryl methyl sites for hydroxylation is 2. The smallest absolute Gasteiger partial charge is 0.144 e. The van der Waals surface area contributed by atoms with Gasteiger partial charge in [-0.3, -0.25) is 0 Å². The third-order valence-electron chi connectivity index (χ3n) is 3.00. The van der Waals surface area contributed by atoms with Crippen molar-refractivity contribution in [3.05, 3.63) is 45.8 Å². The highest BCUT2D eigenvalue weighted by Gasteiger charge is 2.11. The molecule has 112 valence electrons. The molecule has 0 spiro atoms. The zero-order chi connectivity index (χ0) is 15.2. The van der Waals surface area contributed by atoms with Crippen LogP contribution >= 0.6 is 27.7 Å². The van der Waals surface area contributed by atoms with Crippen molar-refractivity contribution >= 4 is 33.5 Å². The summed E-state index contributed by atoms with van der Waals surface area (Å²) in [4.78, 5) is 10.5. The van der Waals surface area contributed by atoms with Gasteiger partial charge in [-0.1, -0.05) is 24.6 Å². The molecule has 1 N–H and O–H groups in total. The highest BCUT2D eigenvalue weighted by atomic mass is 79.9. The van der Waals surface area contributed by atoms with Gasteiger partial charge in [-0.05, 0) is 48.3 Å². The van der Waals surface area contributed by atoms with E-state index in [9.17, 15) is 0 Å². The van der Waals surface area contributed by atoms with Crippen LogP contribution in [0, 0.1) is 6.92 Å². The second-order valence-electron chi connectivity index (χ2n) is 4.74. The predicted molar refractivity (Wildman–Crippen MR) is 94.0 cm³/mol. The van der Waals surface area contributed by atoms with Gasteiger partial charge in [0.15, 0.2) is 0 Å². The Morgan fingerprint density at radius 2 is 2.05 bits per heavy atom. The lowest BCUT2D eigenvalue weighted by atomic mass is 10.2. The van der Waals surface area contributed by atoms with Crippen molar-refractivity contribution in [1.29, 1.82) is 0 Å². The fraction of sp³-hybridized carbons (Fsp3) is 0.375. The van der Waals surface area contributed by atoms with Crippen molar-refractivity contribution < 1.29 is 0 Å². The monoisotopic (exact) mass is 365 g/mol. The molecule has 0 amide bonds. The zero-order valence-electron chi connectivity index (χ0n) is 12.6. The number of aromatic nitrogens is 2. The lowest BCUT2D eigenvalue weighted by Gasteiger charge is -2.11. The first-order chi connectivity index (χ1) is 10.1. The van der Waals surface area contributed by atoms with Gasteiger partial charge in [0.05, 0.1) is 15.9 Å². The Bertz CT molecular complexity index is 616. The van der Waals surface area contributed by atoms with Crippen LogP contribution in [0.25, 0.3) is 0 Å². The maximum Gasteiger partial charge on any atom is 0.144 e. The molecule has 1 aromatic heterocycles. The fourth-order valence-corrected chi connectivity index (χ4v) is 3.45. The normalized spacial score (nSPS) is 10.7. The average molecular weight is 366 g/mol. The van der Waals surface area contributed by atoms with Gasteiger partial charge in [0.25, 0.3) is 0 Å². The SMILES string of the molecule is CCNc1nc(CSc2cccc(C)c2)nc(CC)c1Br. The molecule has 0 saturated carbocycles. The van der Waals surface area contributed by atoms with E-state index in [2.05, 4.69) is 76.3 Å². The summed E-state index contributed by atoms with van der Waals surface area (Å²) in [7, 11) is 0. The van der Waals surface area contributed by atoms with Crippen LogP contribution in [-0.2, 0) is 12.2 Å². The predicted octanol–water partition coefficient (Wildman–Crippen LogP) is 4.83. The summed E-state index contributed by atoms with van der Waals surface area (Å²) < 4.78 is 0.983. The summed E-state index contributed by atoms with van der Waals surface area (Å²) in [5.74, 6) is 2.55. The Kier molecular flexibility index (Phi) is 6.06. The standard InChI is InChI=1S/C16H20BrN3S/c1-4-13-15(17)16(18-5-2)20-14(19-13)10-21-12-8-6-7-11(3)9-12/h6-9H,4-5,10H2,1-3H3,(H,18,19,20). The van der Waals surface area contributed by atoms with Gasteiger partial charge in [-0.25, -0.2) is 9.97 Å². The molecule has 0 aliphatic heterocycles. The maximum absolute atomic E-state index is 4.65. The third-order valence-corrected chi connectivity index (χ3v) is 4.83. The minimum absolute atomic E-state index is 0.780. The van der Waals surface area contributed by atoms with Crippen molar-refractivity contribution in [2.75, 3.05) is 11.9 Å². The van der Waals surface area contributed by atoms with Gasteiger partial charge in [0.2, 0.25) is 0 Å². The molecule has 0 unspecified atom stereocenters. The van der Waals surface area contributed by atoms with E-state index in [1.165, 1.54) is 10.5 Å². The third kappa shape index (κ3) is 4.45. The van der Waals surface area contributed by atoms with E-state index >= 15 is 0 Å². The molecule has 0 aliphatic rings. The Hall–Kier alpha value is -1.07. The van der Waals surface area contributed by atoms with Crippen LogP contribution in [0.3, 0.4) is 0 Å². The van der Waals surface area contributed by atoms with Crippen molar-refractivity contribution in [3.8, 4) is 0 Å². The number of rotatable bonds is 6. The number of thioether (sulfide) groups is 1. The molecule has 1 aromatic carbocycles. The molecule has 2 aromatic rings. The summed E-state index contributed by atoms with van der Waals surface area (Å²) in [5, 5.41) is 3.29. The molecule has 0 bridgehead atoms. The van der Waals surface area contributed by atoms with Crippen LogP contribution in [0.4, 0.5) is 5.82 Å². The van der Waals surface area contributed by atoms with E-state index in [0.29, 0.717) is 0 Å². The molecular weight excluding hydrogens is 346 g/mol. The van der Waals surface area contributed by atoms with Crippen molar-refractivity contribution in [2.24, 2.45) is 0 Å². The summed E-state index contributed by atoms with van der Waals surface area (Å²) in [5.41, 5.74) is 2.33. The van der Waals surface area contributed by atoms with Gasteiger partial charge >= 0.3 is 0 Å². The van der Waals surface area contributed by atoms with E-state index in [-0.39, 0.29) is 0 Å². The van der Waals surface area contributed by atoms with E-state index < -0.39 is 0 Å². The van der Waals surface area contributed by atoms with Gasteiger partial charge in [0.1, 0.15) is 11.6 Å². The highest BCUT2D eigenvalue weighted by Crippen LogP contribution is 2.27. The number of benzene rings is 1. The molecular formula is C16H20BrN3S. The lowest BCUT2D eigenvalue weighted by Crippen LogP contribution is -2.07. The summed E-state index contributed by atoms with van der Waals surface area (Å²) >= 11 is 5.36. The van der Waals surface area contributed by atoms with Crippen LogP contribution in [0.2, 0.25) is 0 Å². The number of hydrogen-bond acceptors (Lipinski definition) is 4. The lowest BCUT2D eigenvalue weighted by molar-refractivity contribution is 0.924. The first-order valence-corrected chi connectivity index (χ1v) is 8.90. The van der Waals surface area contributed by atoms with Gasteiger partial charge in [-0.15, -0.1) is 11.8 Å². The Morgan fingerprint density at radius 1 is 1.24 bits per heavy atom. The summed E-state index contributed by atoms with van der Waals surface area (Å²) in [6.07, 6.45) is 0.892. The summed E-state index contributed by atoms with van der Waals surface area (Å²) in [6, 6.07) is 8.51. The highest BCUT2D eigenvalue weighted by molar-refractivity contribution is 9.10. The van der Waals surface area contributed by atoms with Gasteiger partial charge < -0.3 is 5.32 Å². The van der Waals surface area contributed by atoms with Crippen LogP contribution in [-0.4, -0.2) is 16.5 Å². The van der Waals surface area contributed by atoms with Gasteiger partial charge in [0, 0.05) is 11.4 Å². The molecule has 5 heteroatoms. The Morgan fingerprint density at radius 3 is 2.71 bits per heavy atom. The molecule has 0 fully saturated rings. The number of nitrogens with one attached hydrogen (secondary N) is 1. The molecule has 1 heterocycles. The molecule has 0 atom stereocenters. The van der Waals surface area contributed by atoms with E-state index in [1.807, 2.05) is 0 Å². The van der Waals surface area contributed by atoms with E-state index in [1.54, 1.807) is 11.8 Å². The second-order valence-corrected chi connectivity index (χ2v) is 6.58. The molecule has 0 radical (unpaired) electrons. The number of hydrogen-bond donors (Lipinski definition) is 1. The number of halogens is 1. The van der Waals surface area contributed by atoms with E-state index in [4.69, 9.17) is 0 Å². The van der Waals surface area contributed by atoms with Crippen LogP contribution in [0.15, 0.2) is 33.6 Å². The first-order valence-electron chi connectivity index (χ1n) is 7.12. The topological polar surface area (TPSA) is 37.8 Å². The molecule has 2 rings (SSSR count). The second kappa shape index (κ2) is 7.80. The number of anilines is 1. The first kappa shape index (κ1) is 16.3. The van der Waals surface area contributed by atoms with Gasteiger partial charge in [-0.2, -0.15) is 0 Å². The fourth-order valence-electron chi connectivity index (χ4n) is 1.98. The molecule has 21 heavy (non-hydrogen) atoms. The number of nitrogens with zero attached hydrogens (tertiary/aromatic N) is 2. The summed E-state index contributed by atoms with van der Waals surface area (Å²) in [6.45, 7) is 7.14. The van der Waals surface area contributed by atoms with Crippen LogP contribution < -0.4 is 5.32 Å². The molecule has 0 aliphatic carbocycles. The van der Waals surface area contributed by atoms with Crippen LogP contribution in [0.5, 0.6) is 0 Å². The quantitative estimate of drug-likeness (QED) is 0.743. The van der Waals surface area contributed by atoms with Crippen molar-refractivity contribution in [1.82, 2.24) is 9.97 Å². The zero-order valence-corrected chi connectivity index (χ0v) is 15.0. The van der Waals surface area contributed by atoms with Crippen molar-refractivity contribution in [2.45, 2.75) is 37.8 Å². The minimum Gasteiger partial charge on any atom is -0.369 e. The Labute approximate surface area is 139 Å². The molecule has 3 nitrogen and oxygen atoms in total. The largest absolute Gasteiger partial charge is 0.369 e. The maximum atomic E-state index is 4.65. The minimum atomic E-state index is 0.780. The van der Waals surface area contributed by atoms with Crippen LogP contribution in [0.1, 0.15) is 30.9 Å². The Balaban J connectivity index is 2.17. The van der Waals surface area contributed by atoms with Crippen molar-refractivity contribution in [3.63, 3.8) is 0 Å².